The van der Waals surface area contributed by atoms with E-state index >= 15 is 0 Å². The van der Waals surface area contributed by atoms with Gasteiger partial charge in [-0.15, -0.1) is 0 Å². The minimum Gasteiger partial charge on any atom is -0.353 e. The van der Waals surface area contributed by atoms with Gasteiger partial charge in [-0.2, -0.15) is 16.4 Å². The van der Waals surface area contributed by atoms with Gasteiger partial charge in [0.1, 0.15) is 11.5 Å². The molecule has 0 radical (unpaired) electrons. The Bertz CT molecular complexity index is 1610. The van der Waals surface area contributed by atoms with Crippen LogP contribution in [0.25, 0.3) is 46.3 Å². The highest BCUT2D eigenvalue weighted by molar-refractivity contribution is 7.08. The van der Waals surface area contributed by atoms with E-state index in [9.17, 15) is 0 Å². The number of imidazole rings is 1. The van der Waals surface area contributed by atoms with Crippen molar-refractivity contribution < 1.29 is 0 Å². The van der Waals surface area contributed by atoms with Crippen molar-refractivity contribution in [3.8, 4) is 22.6 Å². The van der Waals surface area contributed by atoms with E-state index in [1.165, 1.54) is 0 Å². The van der Waals surface area contributed by atoms with Crippen LogP contribution in [0.1, 0.15) is 13.8 Å². The number of aromatic amines is 2. The lowest BCUT2D eigenvalue weighted by Crippen LogP contribution is -2.57. The minimum atomic E-state index is 0.202. The summed E-state index contributed by atoms with van der Waals surface area (Å²) < 4.78 is 0. The van der Waals surface area contributed by atoms with Crippen LogP contribution in [0.15, 0.2) is 76.1 Å². The Kier molecular flexibility index (Phi) is 6.54. The summed E-state index contributed by atoms with van der Waals surface area (Å²) in [6.45, 7) is 13.8. The summed E-state index contributed by atoms with van der Waals surface area (Å²) in [5, 5.41) is 13.4. The molecule has 0 bridgehead atoms. The molecule has 1 aliphatic heterocycles. The van der Waals surface area contributed by atoms with Crippen LogP contribution in [0.5, 0.6) is 0 Å². The molecule has 36 heavy (non-hydrogen) atoms. The van der Waals surface area contributed by atoms with Crippen LogP contribution in [-0.4, -0.2) is 50.0 Å². The van der Waals surface area contributed by atoms with Crippen molar-refractivity contribution in [3.05, 3.63) is 81.7 Å². The molecule has 0 saturated carbocycles. The highest BCUT2D eigenvalue weighted by Gasteiger charge is 2.24. The predicted molar refractivity (Wildman–Crippen MR) is 151 cm³/mol. The SMILES string of the molecule is C=CC(=NC(=C\C)/C(C)=C/C=c1/[nH]nc(-c2nc3c(-c4ccsc4)cccc3[nH]2)c1=C)N1CC(N)C1. The molecular weight excluding hydrogens is 466 g/mol. The summed E-state index contributed by atoms with van der Waals surface area (Å²) >= 11 is 1.67. The average Bonchev–Trinajstić information content (AvgIpc) is 3.61. The normalized spacial score (nSPS) is 16.1. The molecule has 5 rings (SSSR count). The van der Waals surface area contributed by atoms with Crippen LogP contribution < -0.4 is 16.3 Å². The van der Waals surface area contributed by atoms with Gasteiger partial charge in [-0.1, -0.05) is 37.4 Å². The van der Waals surface area contributed by atoms with Gasteiger partial charge < -0.3 is 15.6 Å². The number of hydrogen-bond acceptors (Lipinski definition) is 5. The van der Waals surface area contributed by atoms with Gasteiger partial charge in [0.15, 0.2) is 5.82 Å². The van der Waals surface area contributed by atoms with Crippen molar-refractivity contribution in [2.45, 2.75) is 19.9 Å². The molecule has 0 atom stereocenters. The summed E-state index contributed by atoms with van der Waals surface area (Å²) in [6.07, 6.45) is 7.75. The van der Waals surface area contributed by atoms with Crippen molar-refractivity contribution in [1.82, 2.24) is 25.1 Å². The summed E-state index contributed by atoms with van der Waals surface area (Å²) in [6, 6.07) is 8.47. The number of amidine groups is 1. The first-order valence-corrected chi connectivity index (χ1v) is 12.7. The second-order valence-corrected chi connectivity index (χ2v) is 9.57. The van der Waals surface area contributed by atoms with E-state index in [0.29, 0.717) is 11.5 Å². The first kappa shape index (κ1) is 23.7. The average molecular weight is 496 g/mol. The van der Waals surface area contributed by atoms with Gasteiger partial charge in [0.25, 0.3) is 0 Å². The second-order valence-electron chi connectivity index (χ2n) is 8.79. The number of nitrogens with two attached hydrogens (primary N) is 1. The van der Waals surface area contributed by atoms with E-state index in [2.05, 4.69) is 56.1 Å². The van der Waals surface area contributed by atoms with Gasteiger partial charge in [-0.3, -0.25) is 5.10 Å². The Hall–Kier alpha value is -4.01. The highest BCUT2D eigenvalue weighted by atomic mass is 32.1. The number of benzene rings is 1. The predicted octanol–water partition coefficient (Wildman–Crippen LogP) is 3.95. The van der Waals surface area contributed by atoms with Crippen molar-refractivity contribution in [2.24, 2.45) is 10.7 Å². The first-order chi connectivity index (χ1) is 17.5. The zero-order valence-corrected chi connectivity index (χ0v) is 21.3. The fourth-order valence-electron chi connectivity index (χ4n) is 4.25. The number of aliphatic imine (C=N–C) groups is 1. The second kappa shape index (κ2) is 9.93. The van der Waals surface area contributed by atoms with Gasteiger partial charge in [0, 0.05) is 29.9 Å². The molecule has 3 aromatic heterocycles. The summed E-state index contributed by atoms with van der Waals surface area (Å²) in [5.74, 6) is 1.53. The lowest BCUT2D eigenvalue weighted by atomic mass is 10.1. The number of nitrogens with zero attached hydrogens (tertiary/aromatic N) is 4. The molecule has 1 aromatic carbocycles. The van der Waals surface area contributed by atoms with Crippen LogP contribution in [0.2, 0.25) is 0 Å². The van der Waals surface area contributed by atoms with Crippen molar-refractivity contribution in [2.75, 3.05) is 13.1 Å². The summed E-state index contributed by atoms with van der Waals surface area (Å²) in [4.78, 5) is 15.2. The van der Waals surface area contributed by atoms with Crippen molar-refractivity contribution >= 4 is 40.9 Å². The maximum absolute atomic E-state index is 5.92. The molecule has 8 heteroatoms. The third-order valence-electron chi connectivity index (χ3n) is 6.30. The largest absolute Gasteiger partial charge is 0.353 e. The number of thiophene rings is 1. The first-order valence-electron chi connectivity index (χ1n) is 11.8. The molecule has 4 heterocycles. The van der Waals surface area contributed by atoms with Crippen molar-refractivity contribution in [1.29, 1.82) is 0 Å². The van der Waals surface area contributed by atoms with Crippen LogP contribution in [0.4, 0.5) is 0 Å². The minimum absolute atomic E-state index is 0.202. The van der Waals surface area contributed by atoms with E-state index in [4.69, 9.17) is 15.7 Å². The lowest BCUT2D eigenvalue weighted by Gasteiger charge is -2.38. The maximum Gasteiger partial charge on any atom is 0.159 e. The molecule has 182 valence electrons. The van der Waals surface area contributed by atoms with E-state index in [1.807, 2.05) is 44.2 Å². The molecule has 4 aromatic rings. The van der Waals surface area contributed by atoms with Gasteiger partial charge >= 0.3 is 0 Å². The third kappa shape index (κ3) is 4.48. The quantitative estimate of drug-likeness (QED) is 0.214. The number of likely N-dealkylation sites (tertiary alicyclic amines) is 1. The van der Waals surface area contributed by atoms with Crippen LogP contribution in [0, 0.1) is 0 Å². The molecule has 1 fully saturated rings. The van der Waals surface area contributed by atoms with Crippen molar-refractivity contribution in [3.63, 3.8) is 0 Å². The molecule has 0 amide bonds. The van der Waals surface area contributed by atoms with Gasteiger partial charge in [-0.25, -0.2) is 9.98 Å². The Morgan fingerprint density at radius 2 is 2.14 bits per heavy atom. The van der Waals surface area contributed by atoms with E-state index in [1.54, 1.807) is 17.4 Å². The summed E-state index contributed by atoms with van der Waals surface area (Å²) in [5.41, 5.74) is 12.7. The maximum atomic E-state index is 5.92. The van der Waals surface area contributed by atoms with E-state index in [-0.39, 0.29) is 6.04 Å². The summed E-state index contributed by atoms with van der Waals surface area (Å²) in [7, 11) is 0. The topological polar surface area (TPSA) is 99.0 Å². The lowest BCUT2D eigenvalue weighted by molar-refractivity contribution is 0.255. The zero-order valence-electron chi connectivity index (χ0n) is 20.5. The number of fused-ring (bicyclic) bond motifs is 1. The Morgan fingerprint density at radius 3 is 2.83 bits per heavy atom. The van der Waals surface area contributed by atoms with Crippen LogP contribution >= 0.6 is 11.3 Å². The number of para-hydroxylation sites is 1. The smallest absolute Gasteiger partial charge is 0.159 e. The molecule has 0 aliphatic carbocycles. The van der Waals surface area contributed by atoms with Crippen LogP contribution in [-0.2, 0) is 0 Å². The number of allylic oxidation sites excluding steroid dienone is 3. The molecule has 1 saturated heterocycles. The number of hydrogen-bond donors (Lipinski definition) is 3. The van der Waals surface area contributed by atoms with E-state index < -0.39 is 0 Å². The highest BCUT2D eigenvalue weighted by Crippen LogP contribution is 2.29. The van der Waals surface area contributed by atoms with E-state index in [0.717, 1.165) is 62.9 Å². The standard InChI is InChI=1S/C28H29N7S/c1-5-22(30-25(6-2)35-14-20(29)15-35)17(3)10-11-23-18(4)26(34-33-23)28-31-24-9-7-8-21(27(24)32-28)19-12-13-36-16-19/h5-13,16,20,33H,2,4,14-15,29H2,1,3H3,(H,31,32)/b17-10+,22-5-,23-11+,30-25?. The molecule has 7 nitrogen and oxygen atoms in total. The van der Waals surface area contributed by atoms with Gasteiger partial charge in [0.2, 0.25) is 0 Å². The fourth-order valence-corrected chi connectivity index (χ4v) is 4.91. The Balaban J connectivity index is 1.45. The number of rotatable bonds is 6. The zero-order chi connectivity index (χ0) is 25.2. The Labute approximate surface area is 213 Å². The molecular formula is C28H29N7S. The third-order valence-corrected chi connectivity index (χ3v) is 6.98. The van der Waals surface area contributed by atoms with Gasteiger partial charge in [-0.05, 0) is 60.0 Å². The molecule has 1 aliphatic rings. The van der Waals surface area contributed by atoms with Crippen LogP contribution in [0.3, 0.4) is 0 Å². The Morgan fingerprint density at radius 1 is 1.31 bits per heavy atom. The number of nitrogens with one attached hydrogen (secondary N) is 2. The molecule has 4 N–H and O–H groups in total. The number of H-pyrrole nitrogens is 2. The number of aromatic nitrogens is 4. The monoisotopic (exact) mass is 495 g/mol. The molecule has 0 unspecified atom stereocenters. The fraction of sp³-hybridized carbons (Fsp3) is 0.179. The molecule has 0 spiro atoms. The van der Waals surface area contributed by atoms with Gasteiger partial charge in [0.05, 0.1) is 22.1 Å².